The minimum atomic E-state index is 0.789. The molecule has 1 N–H and O–H groups in total. The van der Waals surface area contributed by atoms with Crippen LogP contribution in [0, 0.1) is 12.8 Å². The fourth-order valence-electron chi connectivity index (χ4n) is 3.06. The first-order chi connectivity index (χ1) is 9.63. The monoisotopic (exact) mass is 273 g/mol. The number of hydrogen-bond acceptors (Lipinski definition) is 4. The van der Waals surface area contributed by atoms with Crippen molar-refractivity contribution in [3.8, 4) is 0 Å². The molecule has 0 radical (unpaired) electrons. The minimum Gasteiger partial charge on any atom is -0.312 e. The van der Waals surface area contributed by atoms with E-state index in [1.165, 1.54) is 25.1 Å². The molecule has 3 rings (SSSR count). The number of nitrogens with zero attached hydrogens (tertiary/aromatic N) is 4. The standard InChI is InChI=1S/C15H23N5/c1-11-14-6-13(9-17-15(14)20(3)18-11)8-16-7-12-4-5-19(2)10-12/h6,9,12,16H,4-5,7-8,10H2,1-3H3. The maximum Gasteiger partial charge on any atom is 0.157 e. The van der Waals surface area contributed by atoms with E-state index < -0.39 is 0 Å². The molecule has 0 bridgehead atoms. The van der Waals surface area contributed by atoms with Gasteiger partial charge in [0.1, 0.15) is 0 Å². The molecule has 0 spiro atoms. The molecule has 1 atom stereocenters. The zero-order valence-corrected chi connectivity index (χ0v) is 12.6. The number of nitrogens with one attached hydrogen (secondary N) is 1. The number of likely N-dealkylation sites (tertiary alicyclic amines) is 1. The van der Waals surface area contributed by atoms with E-state index in [0.717, 1.165) is 35.7 Å². The van der Waals surface area contributed by atoms with E-state index in [-0.39, 0.29) is 0 Å². The Kier molecular flexibility index (Phi) is 3.72. The Bertz CT molecular complexity index is 604. The van der Waals surface area contributed by atoms with Crippen molar-refractivity contribution in [2.45, 2.75) is 19.9 Å². The lowest BCUT2D eigenvalue weighted by molar-refractivity contribution is 0.388. The van der Waals surface area contributed by atoms with Gasteiger partial charge in [-0.15, -0.1) is 0 Å². The van der Waals surface area contributed by atoms with Gasteiger partial charge >= 0.3 is 0 Å². The summed E-state index contributed by atoms with van der Waals surface area (Å²) in [5.74, 6) is 0.789. The molecule has 5 heteroatoms. The summed E-state index contributed by atoms with van der Waals surface area (Å²) in [7, 11) is 4.14. The predicted octanol–water partition coefficient (Wildman–Crippen LogP) is 1.32. The highest BCUT2D eigenvalue weighted by Crippen LogP contribution is 2.17. The minimum absolute atomic E-state index is 0.789. The number of rotatable bonds is 4. The van der Waals surface area contributed by atoms with Crippen LogP contribution in [0.15, 0.2) is 12.3 Å². The third-order valence-corrected chi connectivity index (χ3v) is 4.17. The molecule has 108 valence electrons. The molecule has 0 aliphatic carbocycles. The highest BCUT2D eigenvalue weighted by molar-refractivity contribution is 5.78. The van der Waals surface area contributed by atoms with Gasteiger partial charge in [-0.3, -0.25) is 4.68 Å². The van der Waals surface area contributed by atoms with Crippen LogP contribution in [0.3, 0.4) is 0 Å². The van der Waals surface area contributed by atoms with Gasteiger partial charge in [-0.2, -0.15) is 5.10 Å². The van der Waals surface area contributed by atoms with Crippen LogP contribution in [0.4, 0.5) is 0 Å². The van der Waals surface area contributed by atoms with Gasteiger partial charge in [0.2, 0.25) is 0 Å². The normalized spacial score (nSPS) is 20.1. The van der Waals surface area contributed by atoms with Gasteiger partial charge in [-0.1, -0.05) is 0 Å². The van der Waals surface area contributed by atoms with Gasteiger partial charge < -0.3 is 10.2 Å². The van der Waals surface area contributed by atoms with Crippen LogP contribution in [0.25, 0.3) is 11.0 Å². The summed E-state index contributed by atoms with van der Waals surface area (Å²) in [4.78, 5) is 6.92. The molecule has 0 aromatic carbocycles. The number of hydrogen-bond donors (Lipinski definition) is 1. The van der Waals surface area contributed by atoms with E-state index in [1.807, 2.05) is 24.9 Å². The first kappa shape index (κ1) is 13.5. The molecule has 3 heterocycles. The zero-order valence-electron chi connectivity index (χ0n) is 12.6. The second kappa shape index (κ2) is 5.50. The molecule has 1 unspecified atom stereocenters. The molecule has 1 aliphatic heterocycles. The highest BCUT2D eigenvalue weighted by Gasteiger charge is 2.18. The second-order valence-corrected chi connectivity index (χ2v) is 5.97. The molecule has 1 fully saturated rings. The Hall–Kier alpha value is -1.46. The molecule has 1 saturated heterocycles. The molecule has 20 heavy (non-hydrogen) atoms. The van der Waals surface area contributed by atoms with E-state index in [4.69, 9.17) is 0 Å². The number of aromatic nitrogens is 3. The number of aryl methyl sites for hydroxylation is 2. The van der Waals surface area contributed by atoms with Crippen molar-refractivity contribution in [2.75, 3.05) is 26.7 Å². The Morgan fingerprint density at radius 1 is 1.40 bits per heavy atom. The molecule has 2 aromatic heterocycles. The number of fused-ring (bicyclic) bond motifs is 1. The largest absolute Gasteiger partial charge is 0.312 e. The van der Waals surface area contributed by atoms with Gasteiger partial charge in [0.15, 0.2) is 5.65 Å². The molecule has 5 nitrogen and oxygen atoms in total. The third kappa shape index (κ3) is 2.69. The van der Waals surface area contributed by atoms with Crippen molar-refractivity contribution in [2.24, 2.45) is 13.0 Å². The van der Waals surface area contributed by atoms with E-state index in [9.17, 15) is 0 Å². The first-order valence-electron chi connectivity index (χ1n) is 7.31. The Morgan fingerprint density at radius 2 is 2.25 bits per heavy atom. The molecular formula is C15H23N5. The summed E-state index contributed by atoms with van der Waals surface area (Å²) in [6, 6.07) is 2.21. The van der Waals surface area contributed by atoms with Crippen LogP contribution < -0.4 is 5.32 Å². The Morgan fingerprint density at radius 3 is 3.00 bits per heavy atom. The fraction of sp³-hybridized carbons (Fsp3) is 0.600. The van der Waals surface area contributed by atoms with E-state index in [2.05, 4.69) is 33.4 Å². The number of pyridine rings is 1. The van der Waals surface area contributed by atoms with Crippen molar-refractivity contribution < 1.29 is 0 Å². The quantitative estimate of drug-likeness (QED) is 0.912. The van der Waals surface area contributed by atoms with Gasteiger partial charge in [-0.05, 0) is 51.0 Å². The van der Waals surface area contributed by atoms with Crippen LogP contribution in [0.2, 0.25) is 0 Å². The van der Waals surface area contributed by atoms with Crippen LogP contribution in [-0.2, 0) is 13.6 Å². The second-order valence-electron chi connectivity index (χ2n) is 5.97. The summed E-state index contributed by atoms with van der Waals surface area (Å²) >= 11 is 0. The average Bonchev–Trinajstić information content (AvgIpc) is 2.95. The Balaban J connectivity index is 1.61. The van der Waals surface area contributed by atoms with Gasteiger partial charge in [0.25, 0.3) is 0 Å². The Labute approximate surface area is 120 Å². The van der Waals surface area contributed by atoms with Gasteiger partial charge in [0, 0.05) is 31.7 Å². The zero-order chi connectivity index (χ0) is 14.1. The summed E-state index contributed by atoms with van der Waals surface area (Å²) in [5, 5.41) is 9.13. The van der Waals surface area contributed by atoms with Crippen molar-refractivity contribution >= 4 is 11.0 Å². The smallest absolute Gasteiger partial charge is 0.157 e. The molecule has 1 aliphatic rings. The lowest BCUT2D eigenvalue weighted by atomic mass is 10.1. The van der Waals surface area contributed by atoms with Gasteiger partial charge in [0.05, 0.1) is 5.69 Å². The lowest BCUT2D eigenvalue weighted by Gasteiger charge is -2.11. The van der Waals surface area contributed by atoms with E-state index >= 15 is 0 Å². The summed E-state index contributed by atoms with van der Waals surface area (Å²) in [6.07, 6.45) is 3.26. The van der Waals surface area contributed by atoms with Gasteiger partial charge in [-0.25, -0.2) is 4.98 Å². The maximum absolute atomic E-state index is 4.52. The average molecular weight is 273 g/mol. The lowest BCUT2D eigenvalue weighted by Crippen LogP contribution is -2.24. The SMILES string of the molecule is Cc1nn(C)c2ncc(CNCC3CCN(C)C3)cc12. The topological polar surface area (TPSA) is 46.0 Å². The fourth-order valence-corrected chi connectivity index (χ4v) is 3.06. The summed E-state index contributed by atoms with van der Waals surface area (Å²) in [5.41, 5.74) is 3.25. The predicted molar refractivity (Wildman–Crippen MR) is 80.6 cm³/mol. The van der Waals surface area contributed by atoms with Crippen molar-refractivity contribution in [1.82, 2.24) is 25.0 Å². The van der Waals surface area contributed by atoms with E-state index in [1.54, 1.807) is 0 Å². The van der Waals surface area contributed by atoms with Crippen molar-refractivity contribution in [1.29, 1.82) is 0 Å². The molecular weight excluding hydrogens is 250 g/mol. The van der Waals surface area contributed by atoms with Crippen LogP contribution in [0.5, 0.6) is 0 Å². The maximum atomic E-state index is 4.52. The molecule has 0 saturated carbocycles. The first-order valence-corrected chi connectivity index (χ1v) is 7.31. The van der Waals surface area contributed by atoms with Crippen molar-refractivity contribution in [3.63, 3.8) is 0 Å². The van der Waals surface area contributed by atoms with Crippen LogP contribution in [0.1, 0.15) is 17.7 Å². The summed E-state index contributed by atoms with van der Waals surface area (Å²) < 4.78 is 1.84. The molecule has 2 aromatic rings. The highest BCUT2D eigenvalue weighted by atomic mass is 15.3. The van der Waals surface area contributed by atoms with E-state index in [0.29, 0.717) is 0 Å². The van der Waals surface area contributed by atoms with Crippen LogP contribution in [-0.4, -0.2) is 46.3 Å². The van der Waals surface area contributed by atoms with Crippen molar-refractivity contribution in [3.05, 3.63) is 23.5 Å². The molecule has 0 amide bonds. The third-order valence-electron chi connectivity index (χ3n) is 4.17. The summed E-state index contributed by atoms with van der Waals surface area (Å²) in [6.45, 7) is 6.46. The van der Waals surface area contributed by atoms with Crippen LogP contribution >= 0.6 is 0 Å².